The number of amides is 1. The standard InChI is InChI=1S/C28H25NO8/c1-12-15-10-9-14(8-7-13-5-3-2-4-6-13)22(31)19(15)24(33)21-18(12)23(32)16-11-17(30)20(27(29)36)25(34)28(16,37)26(21)35/h2-10,12,16,18,23,30-32,35,37H,11H2,1H3,(H2,29,36)/b8-7+/t12-,16+,18+,23+,28+/m0/s1. The minimum atomic E-state index is -2.85. The van der Waals surface area contributed by atoms with Crippen LogP contribution in [0.2, 0.25) is 0 Å². The molecule has 37 heavy (non-hydrogen) atoms. The molecule has 5 atom stereocenters. The van der Waals surface area contributed by atoms with Crippen molar-refractivity contribution in [2.24, 2.45) is 17.6 Å². The zero-order valence-electron chi connectivity index (χ0n) is 19.8. The van der Waals surface area contributed by atoms with Crippen LogP contribution in [-0.2, 0) is 9.59 Å². The van der Waals surface area contributed by atoms with Gasteiger partial charge in [0.05, 0.1) is 11.7 Å². The number of benzene rings is 2. The zero-order chi connectivity index (χ0) is 26.8. The molecule has 0 aromatic heterocycles. The fourth-order valence-corrected chi connectivity index (χ4v) is 5.90. The second-order valence-electron chi connectivity index (χ2n) is 9.70. The second kappa shape index (κ2) is 8.43. The minimum Gasteiger partial charge on any atom is -0.511 e. The normalized spacial score (nSPS) is 29.3. The number of primary amides is 1. The Morgan fingerprint density at radius 2 is 1.73 bits per heavy atom. The average Bonchev–Trinajstić information content (AvgIpc) is 2.86. The summed E-state index contributed by atoms with van der Waals surface area (Å²) in [6.45, 7) is 1.69. The van der Waals surface area contributed by atoms with Gasteiger partial charge in [0.15, 0.2) is 11.4 Å². The highest BCUT2D eigenvalue weighted by molar-refractivity contribution is 6.24. The summed E-state index contributed by atoms with van der Waals surface area (Å²) in [7, 11) is 0. The van der Waals surface area contributed by atoms with E-state index >= 15 is 0 Å². The van der Waals surface area contributed by atoms with E-state index in [1.165, 1.54) is 0 Å². The Kier molecular flexibility index (Phi) is 5.58. The van der Waals surface area contributed by atoms with Crippen LogP contribution < -0.4 is 5.73 Å². The summed E-state index contributed by atoms with van der Waals surface area (Å²) in [6, 6.07) is 12.6. The number of fused-ring (bicyclic) bond motifs is 3. The van der Waals surface area contributed by atoms with Crippen molar-refractivity contribution < 1.29 is 39.9 Å². The van der Waals surface area contributed by atoms with Gasteiger partial charge in [-0.15, -0.1) is 0 Å². The first-order valence-corrected chi connectivity index (χ1v) is 11.7. The molecule has 9 nitrogen and oxygen atoms in total. The summed E-state index contributed by atoms with van der Waals surface area (Å²) in [4.78, 5) is 38.6. The van der Waals surface area contributed by atoms with Crippen LogP contribution >= 0.6 is 0 Å². The summed E-state index contributed by atoms with van der Waals surface area (Å²) >= 11 is 0. The molecule has 0 aliphatic heterocycles. The monoisotopic (exact) mass is 503 g/mol. The molecule has 0 saturated heterocycles. The minimum absolute atomic E-state index is 0.119. The SMILES string of the molecule is C[C@H]1c2ccc(/C=C/c3ccccc3)c(O)c2C(=O)C2=C(O)[C@]3(O)C(=O)C(C(N)=O)=C(O)C[C@@H]3[C@@H](O)[C@@H]21. The van der Waals surface area contributed by atoms with Crippen molar-refractivity contribution in [3.05, 3.63) is 87.4 Å². The number of aliphatic hydroxyl groups is 4. The van der Waals surface area contributed by atoms with E-state index in [1.807, 2.05) is 30.3 Å². The van der Waals surface area contributed by atoms with Crippen LogP contribution in [0.1, 0.15) is 46.3 Å². The molecule has 2 aromatic rings. The number of aliphatic hydroxyl groups excluding tert-OH is 3. The van der Waals surface area contributed by atoms with Crippen molar-refractivity contribution in [1.82, 2.24) is 0 Å². The van der Waals surface area contributed by atoms with E-state index in [-0.39, 0.29) is 11.3 Å². The maximum absolute atomic E-state index is 13.7. The molecule has 1 amide bonds. The van der Waals surface area contributed by atoms with Crippen LogP contribution in [0.5, 0.6) is 5.75 Å². The van der Waals surface area contributed by atoms with Gasteiger partial charge in [-0.2, -0.15) is 0 Å². The first-order valence-electron chi connectivity index (χ1n) is 11.7. The molecule has 0 unspecified atom stereocenters. The van der Waals surface area contributed by atoms with Crippen LogP contribution in [0.3, 0.4) is 0 Å². The molecule has 3 aliphatic carbocycles. The average molecular weight is 504 g/mol. The topological polar surface area (TPSA) is 178 Å². The zero-order valence-corrected chi connectivity index (χ0v) is 19.8. The number of Topliss-reactive ketones (excluding diaryl/α,β-unsaturated/α-hetero) is 2. The summed E-state index contributed by atoms with van der Waals surface area (Å²) in [5, 5.41) is 55.1. The number of phenols is 1. The van der Waals surface area contributed by atoms with E-state index in [9.17, 15) is 39.9 Å². The fraction of sp³-hybridized carbons (Fsp3) is 0.250. The molecule has 0 radical (unpaired) electrons. The van der Waals surface area contributed by atoms with E-state index in [4.69, 9.17) is 5.73 Å². The lowest BCUT2D eigenvalue weighted by Gasteiger charge is -2.50. The second-order valence-corrected chi connectivity index (χ2v) is 9.70. The highest BCUT2D eigenvalue weighted by Crippen LogP contribution is 2.55. The maximum Gasteiger partial charge on any atom is 0.255 e. The van der Waals surface area contributed by atoms with Crippen molar-refractivity contribution in [3.63, 3.8) is 0 Å². The number of ketones is 2. The number of rotatable bonds is 3. The Balaban J connectivity index is 1.66. The van der Waals surface area contributed by atoms with Crippen molar-refractivity contribution in [2.45, 2.75) is 31.0 Å². The van der Waals surface area contributed by atoms with Gasteiger partial charge in [-0.1, -0.05) is 61.5 Å². The van der Waals surface area contributed by atoms with Gasteiger partial charge in [0.1, 0.15) is 22.8 Å². The van der Waals surface area contributed by atoms with Crippen LogP contribution in [-0.4, -0.2) is 54.7 Å². The molecule has 190 valence electrons. The Morgan fingerprint density at radius 1 is 1.05 bits per heavy atom. The molecule has 7 N–H and O–H groups in total. The number of hydrogen-bond donors (Lipinski definition) is 6. The number of carbonyl (C=O) groups is 3. The Hall–Kier alpha value is -4.21. The van der Waals surface area contributed by atoms with Gasteiger partial charge in [0, 0.05) is 29.4 Å². The smallest absolute Gasteiger partial charge is 0.255 e. The van der Waals surface area contributed by atoms with Crippen LogP contribution in [0, 0.1) is 11.8 Å². The number of hydrogen-bond acceptors (Lipinski definition) is 8. The number of aromatic hydroxyl groups is 1. The van der Waals surface area contributed by atoms with E-state index < -0.39 is 76.0 Å². The van der Waals surface area contributed by atoms with Crippen LogP contribution in [0.4, 0.5) is 0 Å². The van der Waals surface area contributed by atoms with Gasteiger partial charge in [-0.3, -0.25) is 14.4 Å². The summed E-state index contributed by atoms with van der Waals surface area (Å²) in [5.41, 5.74) is 2.52. The van der Waals surface area contributed by atoms with Crippen molar-refractivity contribution in [3.8, 4) is 5.75 Å². The van der Waals surface area contributed by atoms with Crippen molar-refractivity contribution >= 4 is 29.6 Å². The Labute approximate surface area is 211 Å². The van der Waals surface area contributed by atoms with E-state index in [2.05, 4.69) is 0 Å². The third-order valence-electron chi connectivity index (χ3n) is 7.78. The van der Waals surface area contributed by atoms with Gasteiger partial charge in [0.25, 0.3) is 5.91 Å². The molecule has 3 aliphatic rings. The predicted molar refractivity (Wildman–Crippen MR) is 132 cm³/mol. The quantitative estimate of drug-likeness (QED) is 0.273. The molecule has 2 aromatic carbocycles. The van der Waals surface area contributed by atoms with E-state index in [0.29, 0.717) is 11.1 Å². The van der Waals surface area contributed by atoms with E-state index in [1.54, 1.807) is 31.2 Å². The summed E-state index contributed by atoms with van der Waals surface area (Å²) in [5.74, 6) is -8.75. The molecule has 0 heterocycles. The van der Waals surface area contributed by atoms with Gasteiger partial charge in [-0.05, 0) is 17.0 Å². The van der Waals surface area contributed by atoms with Crippen LogP contribution in [0.15, 0.2) is 65.1 Å². The highest BCUT2D eigenvalue weighted by atomic mass is 16.4. The lowest BCUT2D eigenvalue weighted by molar-refractivity contribution is -0.154. The predicted octanol–water partition coefficient (Wildman–Crippen LogP) is 2.28. The number of allylic oxidation sites excluding steroid dienone is 1. The summed E-state index contributed by atoms with van der Waals surface area (Å²) < 4.78 is 0. The van der Waals surface area contributed by atoms with Crippen molar-refractivity contribution in [2.75, 3.05) is 0 Å². The van der Waals surface area contributed by atoms with Gasteiger partial charge < -0.3 is 31.3 Å². The third-order valence-corrected chi connectivity index (χ3v) is 7.78. The number of phenolic OH excluding ortho intramolecular Hbond substituents is 1. The van der Waals surface area contributed by atoms with Crippen molar-refractivity contribution in [1.29, 1.82) is 0 Å². The molecule has 0 saturated carbocycles. The molecule has 5 rings (SSSR count). The van der Waals surface area contributed by atoms with E-state index in [0.717, 1.165) is 5.56 Å². The lowest BCUT2D eigenvalue weighted by atomic mass is 9.56. The molecular formula is C28H25NO8. The molecular weight excluding hydrogens is 478 g/mol. The largest absolute Gasteiger partial charge is 0.511 e. The Morgan fingerprint density at radius 3 is 2.38 bits per heavy atom. The van der Waals surface area contributed by atoms with Gasteiger partial charge in [0.2, 0.25) is 5.78 Å². The van der Waals surface area contributed by atoms with Gasteiger partial charge >= 0.3 is 0 Å². The lowest BCUT2D eigenvalue weighted by Crippen LogP contribution is -2.62. The van der Waals surface area contributed by atoms with Gasteiger partial charge in [-0.25, -0.2) is 0 Å². The number of nitrogens with two attached hydrogens (primary N) is 1. The molecule has 0 bridgehead atoms. The Bertz CT molecular complexity index is 1450. The molecule has 0 spiro atoms. The summed E-state index contributed by atoms with van der Waals surface area (Å²) in [6.07, 6.45) is 1.31. The highest BCUT2D eigenvalue weighted by Gasteiger charge is 2.64. The van der Waals surface area contributed by atoms with Crippen LogP contribution in [0.25, 0.3) is 12.2 Å². The number of carbonyl (C=O) groups excluding carboxylic acids is 3. The third kappa shape index (κ3) is 3.35. The molecule has 0 fully saturated rings. The molecule has 9 heteroatoms. The first kappa shape index (κ1) is 24.5. The first-order chi connectivity index (χ1) is 17.5. The fourth-order valence-electron chi connectivity index (χ4n) is 5.90. The maximum atomic E-state index is 13.7.